The molecule has 4 rings (SSSR count). The average Bonchev–Trinajstić information content (AvgIpc) is 3.46. The van der Waals surface area contributed by atoms with Crippen LogP contribution in [-0.2, 0) is 20.7 Å². The summed E-state index contributed by atoms with van der Waals surface area (Å²) in [6.45, 7) is 10.3. The predicted molar refractivity (Wildman–Crippen MR) is 166 cm³/mol. The number of nitrogens with one attached hydrogen (secondary N) is 1. The van der Waals surface area contributed by atoms with Gasteiger partial charge < -0.3 is 29.3 Å². The smallest absolute Gasteiger partial charge is 0.410 e. The van der Waals surface area contributed by atoms with Crippen LogP contribution in [0.2, 0.25) is 0 Å². The van der Waals surface area contributed by atoms with Crippen LogP contribution in [-0.4, -0.2) is 77.4 Å². The van der Waals surface area contributed by atoms with Crippen molar-refractivity contribution < 1.29 is 33.0 Å². The molecule has 0 saturated carbocycles. The normalized spacial score (nSPS) is 17.9. The molecule has 1 N–H and O–H groups in total. The Balaban J connectivity index is 1.40. The minimum atomic E-state index is -1.10. The van der Waals surface area contributed by atoms with E-state index in [4.69, 9.17) is 14.2 Å². The van der Waals surface area contributed by atoms with Crippen molar-refractivity contribution in [2.24, 2.45) is 0 Å². The fraction of sp³-hybridized carbons (Fsp3) is 0.529. The van der Waals surface area contributed by atoms with E-state index < -0.39 is 35.5 Å². The van der Waals surface area contributed by atoms with Gasteiger partial charge in [0.25, 0.3) is 0 Å². The van der Waals surface area contributed by atoms with Gasteiger partial charge in [-0.2, -0.15) is 5.26 Å². The number of amides is 3. The van der Waals surface area contributed by atoms with Gasteiger partial charge in [-0.05, 0) is 82.3 Å². The number of nitrogens with zero attached hydrogens (tertiary/aromatic N) is 3. The van der Waals surface area contributed by atoms with Gasteiger partial charge >= 0.3 is 12.2 Å². The quantitative estimate of drug-likeness (QED) is 0.393. The number of ether oxygens (including phenoxy) is 3. The van der Waals surface area contributed by atoms with Crippen molar-refractivity contribution in [2.45, 2.75) is 96.6 Å². The zero-order valence-corrected chi connectivity index (χ0v) is 26.7. The first-order chi connectivity index (χ1) is 21.3. The summed E-state index contributed by atoms with van der Waals surface area (Å²) in [6.07, 6.45) is 1.27. The first-order valence-corrected chi connectivity index (χ1v) is 15.5. The largest absolute Gasteiger partial charge is 0.490 e. The molecule has 3 amide bonds. The van der Waals surface area contributed by atoms with Crippen molar-refractivity contribution in [1.29, 1.82) is 5.26 Å². The minimum Gasteiger partial charge on any atom is -0.490 e. The zero-order chi connectivity index (χ0) is 32.7. The lowest BCUT2D eigenvalue weighted by molar-refractivity contribution is -0.133. The van der Waals surface area contributed by atoms with Crippen LogP contribution >= 0.6 is 0 Å². The molecule has 2 atom stereocenters. The maximum absolute atomic E-state index is 15.5. The fourth-order valence-corrected chi connectivity index (χ4v) is 5.48. The van der Waals surface area contributed by atoms with Gasteiger partial charge in [0.2, 0.25) is 5.91 Å². The Morgan fingerprint density at radius 2 is 1.69 bits per heavy atom. The highest BCUT2D eigenvalue weighted by Gasteiger charge is 2.35. The monoisotopic (exact) mass is 622 g/mol. The van der Waals surface area contributed by atoms with Crippen LogP contribution in [0.15, 0.2) is 42.5 Å². The maximum atomic E-state index is 15.5. The van der Waals surface area contributed by atoms with Gasteiger partial charge in [0.1, 0.15) is 35.4 Å². The number of rotatable bonds is 8. The van der Waals surface area contributed by atoms with Crippen LogP contribution in [0, 0.1) is 17.1 Å². The van der Waals surface area contributed by atoms with Crippen LogP contribution in [0.3, 0.4) is 0 Å². The lowest BCUT2D eigenvalue weighted by Gasteiger charge is -2.32. The molecule has 2 saturated heterocycles. The predicted octanol–water partition coefficient (Wildman–Crippen LogP) is 5.83. The standard InChI is InChI=1S/C34H43FN4O6/c1-22(2)43-33(42)38-17-14-28(15-18-38)44-27-12-10-23(11-13-27)24-8-9-25(29(35)19-24)20-30(37-32(41)45-34(3,4)5)31(40)39-16-6-7-26(39)21-36/h8-13,19,22,26,28,30H,6-7,14-18,20H2,1-5H3,(H,37,41). The number of hydrogen-bond donors (Lipinski definition) is 1. The third kappa shape index (κ3) is 9.33. The molecular weight excluding hydrogens is 579 g/mol. The van der Waals surface area contributed by atoms with E-state index in [-0.39, 0.29) is 30.3 Å². The zero-order valence-electron chi connectivity index (χ0n) is 26.7. The van der Waals surface area contributed by atoms with Crippen molar-refractivity contribution >= 4 is 18.1 Å². The molecule has 2 aliphatic heterocycles. The molecule has 2 fully saturated rings. The molecule has 0 radical (unpaired) electrons. The number of carbonyl (C=O) groups is 3. The first-order valence-electron chi connectivity index (χ1n) is 15.5. The number of carbonyl (C=O) groups excluding carboxylic acids is 3. The van der Waals surface area contributed by atoms with Crippen molar-refractivity contribution in [3.8, 4) is 22.9 Å². The molecule has 0 aliphatic carbocycles. The van der Waals surface area contributed by atoms with Crippen LogP contribution in [0.5, 0.6) is 5.75 Å². The Kier molecular flexibility index (Phi) is 10.9. The van der Waals surface area contributed by atoms with E-state index in [0.717, 1.165) is 5.56 Å². The van der Waals surface area contributed by atoms with Crippen LogP contribution in [0.4, 0.5) is 14.0 Å². The van der Waals surface area contributed by atoms with E-state index in [1.807, 2.05) is 38.1 Å². The third-order valence-electron chi connectivity index (χ3n) is 7.68. The second-order valence-electron chi connectivity index (χ2n) is 12.8. The molecule has 10 nitrogen and oxygen atoms in total. The topological polar surface area (TPSA) is 121 Å². The Labute approximate surface area is 264 Å². The summed E-state index contributed by atoms with van der Waals surface area (Å²) in [5.74, 6) is -0.269. The third-order valence-corrected chi connectivity index (χ3v) is 7.68. The van der Waals surface area contributed by atoms with E-state index in [1.165, 1.54) is 11.0 Å². The summed E-state index contributed by atoms with van der Waals surface area (Å²) >= 11 is 0. The van der Waals surface area contributed by atoms with Gasteiger partial charge in [0.15, 0.2) is 0 Å². The maximum Gasteiger partial charge on any atom is 0.410 e. The second-order valence-corrected chi connectivity index (χ2v) is 12.8. The minimum absolute atomic E-state index is 0.0235. The highest BCUT2D eigenvalue weighted by atomic mass is 19.1. The number of piperidine rings is 1. The van der Waals surface area contributed by atoms with E-state index in [2.05, 4.69) is 11.4 Å². The van der Waals surface area contributed by atoms with E-state index in [1.54, 1.807) is 37.8 Å². The SMILES string of the molecule is CC(C)OC(=O)N1CCC(Oc2ccc(-c3ccc(CC(NC(=O)OC(C)(C)C)C(=O)N4CCCC4C#N)c(F)c3)cc2)CC1. The molecule has 0 aromatic heterocycles. The average molecular weight is 623 g/mol. The Hall–Kier alpha value is -4.33. The number of nitriles is 1. The number of benzene rings is 2. The van der Waals surface area contributed by atoms with Crippen LogP contribution in [0.25, 0.3) is 11.1 Å². The fourth-order valence-electron chi connectivity index (χ4n) is 5.48. The molecule has 2 heterocycles. The van der Waals surface area contributed by atoms with Gasteiger partial charge in [-0.25, -0.2) is 14.0 Å². The molecule has 2 aromatic rings. The Morgan fingerprint density at radius 1 is 1.02 bits per heavy atom. The molecule has 0 spiro atoms. The number of halogens is 1. The molecule has 242 valence electrons. The Bertz CT molecular complexity index is 1390. The molecule has 0 bridgehead atoms. The summed E-state index contributed by atoms with van der Waals surface area (Å²) in [5.41, 5.74) is 0.901. The summed E-state index contributed by atoms with van der Waals surface area (Å²) in [5, 5.41) is 12.1. The molecule has 2 unspecified atom stereocenters. The first kappa shape index (κ1) is 33.6. The van der Waals surface area contributed by atoms with Crippen molar-refractivity contribution in [3.63, 3.8) is 0 Å². The summed E-state index contributed by atoms with van der Waals surface area (Å²) in [6, 6.07) is 12.6. The molecule has 45 heavy (non-hydrogen) atoms. The highest BCUT2D eigenvalue weighted by Crippen LogP contribution is 2.27. The molecule has 11 heteroatoms. The van der Waals surface area contributed by atoms with Gasteiger partial charge in [-0.1, -0.05) is 24.3 Å². The molecular formula is C34H43FN4O6. The number of alkyl carbamates (subject to hydrolysis) is 1. The molecule has 2 aliphatic rings. The second kappa shape index (κ2) is 14.6. The van der Waals surface area contributed by atoms with Crippen molar-refractivity contribution in [1.82, 2.24) is 15.1 Å². The lowest BCUT2D eigenvalue weighted by atomic mass is 9.99. The van der Waals surface area contributed by atoms with E-state index in [9.17, 15) is 19.6 Å². The van der Waals surface area contributed by atoms with Crippen molar-refractivity contribution in [2.75, 3.05) is 19.6 Å². The lowest BCUT2D eigenvalue weighted by Crippen LogP contribution is -2.51. The number of hydrogen-bond acceptors (Lipinski definition) is 7. The molecule has 2 aromatic carbocycles. The summed E-state index contributed by atoms with van der Waals surface area (Å²) in [4.78, 5) is 41.3. The van der Waals surface area contributed by atoms with Gasteiger partial charge in [0.05, 0.1) is 12.2 Å². The van der Waals surface area contributed by atoms with Crippen molar-refractivity contribution in [3.05, 3.63) is 53.8 Å². The number of likely N-dealkylation sites (tertiary alicyclic amines) is 2. The van der Waals surface area contributed by atoms with E-state index >= 15 is 4.39 Å². The Morgan fingerprint density at radius 3 is 2.29 bits per heavy atom. The summed E-state index contributed by atoms with van der Waals surface area (Å²) < 4.78 is 32.2. The van der Waals surface area contributed by atoms with Crippen LogP contribution < -0.4 is 10.1 Å². The van der Waals surface area contributed by atoms with Gasteiger partial charge in [-0.15, -0.1) is 0 Å². The van der Waals surface area contributed by atoms with Gasteiger partial charge in [-0.3, -0.25) is 4.79 Å². The van der Waals surface area contributed by atoms with Gasteiger partial charge in [0, 0.05) is 38.9 Å². The summed E-state index contributed by atoms with van der Waals surface area (Å²) in [7, 11) is 0. The van der Waals surface area contributed by atoms with Crippen LogP contribution in [0.1, 0.15) is 65.9 Å². The van der Waals surface area contributed by atoms with E-state index in [0.29, 0.717) is 56.6 Å². The highest BCUT2D eigenvalue weighted by molar-refractivity contribution is 5.87.